The molecule has 2 rings (SSSR count). The molecular weight excluding hydrogens is 242 g/mol. The van der Waals surface area contributed by atoms with E-state index in [2.05, 4.69) is 29.0 Å². The molecule has 1 unspecified atom stereocenters. The van der Waals surface area contributed by atoms with Crippen LogP contribution in [0.15, 0.2) is 0 Å². The summed E-state index contributed by atoms with van der Waals surface area (Å²) in [6, 6.07) is 0.276. The van der Waals surface area contributed by atoms with Crippen molar-refractivity contribution in [1.29, 1.82) is 0 Å². The van der Waals surface area contributed by atoms with Gasteiger partial charge in [0.2, 0.25) is 0 Å². The Morgan fingerprint density at radius 3 is 2.68 bits per heavy atom. The minimum Gasteiger partial charge on any atom is -0.395 e. The van der Waals surface area contributed by atoms with Crippen LogP contribution in [0, 0.1) is 0 Å². The van der Waals surface area contributed by atoms with Crippen molar-refractivity contribution >= 4 is 0 Å². The fraction of sp³-hybridized carbons (Fsp3) is 1.00. The molecule has 2 aliphatic rings. The van der Waals surface area contributed by atoms with Crippen molar-refractivity contribution in [3.63, 3.8) is 0 Å². The molecule has 2 heterocycles. The van der Waals surface area contributed by atoms with Gasteiger partial charge in [0.25, 0.3) is 0 Å². The van der Waals surface area contributed by atoms with E-state index >= 15 is 0 Å². The highest BCUT2D eigenvalue weighted by Gasteiger charge is 2.31. The highest BCUT2D eigenvalue weighted by molar-refractivity contribution is 4.91. The third kappa shape index (κ3) is 4.68. The lowest BCUT2D eigenvalue weighted by molar-refractivity contribution is 0.0286. The van der Waals surface area contributed by atoms with Crippen LogP contribution in [0.1, 0.15) is 20.3 Å². The van der Waals surface area contributed by atoms with Crippen molar-refractivity contribution in [3.8, 4) is 0 Å². The molecule has 0 amide bonds. The number of ether oxygens (including phenoxy) is 1. The normalized spacial score (nSPS) is 29.5. The standard InChI is InChI=1S/C14H29N3O2/c1-14(2)12-17(13(11-18)10-15-14)5-3-4-16-6-8-19-9-7-16/h13,15,18H,3-12H2,1-2H3. The molecule has 5 nitrogen and oxygen atoms in total. The second kappa shape index (κ2) is 6.99. The summed E-state index contributed by atoms with van der Waals surface area (Å²) in [7, 11) is 0. The van der Waals surface area contributed by atoms with Crippen LogP contribution in [0.3, 0.4) is 0 Å². The predicted molar refractivity (Wildman–Crippen MR) is 76.4 cm³/mol. The monoisotopic (exact) mass is 271 g/mol. The topological polar surface area (TPSA) is 48.0 Å². The zero-order valence-corrected chi connectivity index (χ0v) is 12.4. The molecule has 0 aliphatic carbocycles. The Kier molecular flexibility index (Phi) is 5.59. The van der Waals surface area contributed by atoms with Crippen LogP contribution in [0.5, 0.6) is 0 Å². The molecule has 0 aromatic rings. The van der Waals surface area contributed by atoms with Crippen molar-refractivity contribution in [2.24, 2.45) is 0 Å². The smallest absolute Gasteiger partial charge is 0.0599 e. The van der Waals surface area contributed by atoms with Crippen LogP contribution >= 0.6 is 0 Å². The van der Waals surface area contributed by atoms with Crippen LogP contribution < -0.4 is 5.32 Å². The van der Waals surface area contributed by atoms with E-state index < -0.39 is 0 Å². The molecule has 0 spiro atoms. The van der Waals surface area contributed by atoms with E-state index in [0.29, 0.717) is 0 Å². The Labute approximate surface area is 116 Å². The number of aliphatic hydroxyl groups excluding tert-OH is 1. The summed E-state index contributed by atoms with van der Waals surface area (Å²) < 4.78 is 5.36. The number of nitrogens with zero attached hydrogens (tertiary/aromatic N) is 2. The number of hydrogen-bond donors (Lipinski definition) is 2. The van der Waals surface area contributed by atoms with Gasteiger partial charge in [0.15, 0.2) is 0 Å². The van der Waals surface area contributed by atoms with Crippen LogP contribution in [-0.4, -0.2) is 85.6 Å². The van der Waals surface area contributed by atoms with Gasteiger partial charge in [-0.05, 0) is 33.4 Å². The minimum absolute atomic E-state index is 0.157. The lowest BCUT2D eigenvalue weighted by Gasteiger charge is -2.44. The number of nitrogens with one attached hydrogen (secondary N) is 1. The fourth-order valence-corrected chi connectivity index (χ4v) is 2.98. The summed E-state index contributed by atoms with van der Waals surface area (Å²) in [6.07, 6.45) is 1.17. The van der Waals surface area contributed by atoms with Gasteiger partial charge in [-0.1, -0.05) is 0 Å². The van der Waals surface area contributed by atoms with Gasteiger partial charge in [0.1, 0.15) is 0 Å². The summed E-state index contributed by atoms with van der Waals surface area (Å²) in [5, 5.41) is 13.0. The molecule has 2 fully saturated rings. The number of morpholine rings is 1. The van der Waals surface area contributed by atoms with Gasteiger partial charge in [-0.2, -0.15) is 0 Å². The number of hydrogen-bond acceptors (Lipinski definition) is 5. The van der Waals surface area contributed by atoms with Crippen molar-refractivity contribution in [2.75, 3.05) is 59.1 Å². The zero-order chi connectivity index (χ0) is 13.7. The van der Waals surface area contributed by atoms with Gasteiger partial charge in [0.05, 0.1) is 19.8 Å². The maximum Gasteiger partial charge on any atom is 0.0599 e. The highest BCUT2D eigenvalue weighted by Crippen LogP contribution is 2.15. The van der Waals surface area contributed by atoms with Crippen LogP contribution in [0.4, 0.5) is 0 Å². The molecule has 0 saturated carbocycles. The minimum atomic E-state index is 0.157. The first kappa shape index (κ1) is 15.2. The van der Waals surface area contributed by atoms with Gasteiger partial charge < -0.3 is 15.2 Å². The van der Waals surface area contributed by atoms with Crippen molar-refractivity contribution in [2.45, 2.75) is 31.8 Å². The Hall–Kier alpha value is -0.200. The molecule has 0 aromatic heterocycles. The third-order valence-electron chi connectivity index (χ3n) is 4.17. The Bertz CT molecular complexity index is 267. The van der Waals surface area contributed by atoms with E-state index in [4.69, 9.17) is 4.74 Å². The molecule has 2 aliphatic heterocycles. The first-order valence-electron chi connectivity index (χ1n) is 7.51. The van der Waals surface area contributed by atoms with E-state index in [-0.39, 0.29) is 18.2 Å². The zero-order valence-electron chi connectivity index (χ0n) is 12.4. The second-order valence-electron chi connectivity index (χ2n) is 6.38. The highest BCUT2D eigenvalue weighted by atomic mass is 16.5. The quantitative estimate of drug-likeness (QED) is 0.722. The van der Waals surface area contributed by atoms with Gasteiger partial charge >= 0.3 is 0 Å². The SMILES string of the molecule is CC1(C)CN(CCCN2CCOCC2)C(CO)CN1. The number of rotatable bonds is 5. The molecule has 0 aromatic carbocycles. The molecule has 0 radical (unpaired) electrons. The molecule has 5 heteroatoms. The largest absolute Gasteiger partial charge is 0.395 e. The van der Waals surface area contributed by atoms with Gasteiger partial charge in [-0.15, -0.1) is 0 Å². The maximum absolute atomic E-state index is 9.47. The van der Waals surface area contributed by atoms with E-state index in [1.807, 2.05) is 0 Å². The Morgan fingerprint density at radius 1 is 1.26 bits per heavy atom. The fourth-order valence-electron chi connectivity index (χ4n) is 2.98. The molecule has 112 valence electrons. The molecule has 1 atom stereocenters. The van der Waals surface area contributed by atoms with Crippen LogP contribution in [-0.2, 0) is 4.74 Å². The van der Waals surface area contributed by atoms with Crippen molar-refractivity contribution < 1.29 is 9.84 Å². The Morgan fingerprint density at radius 2 is 2.00 bits per heavy atom. The van der Waals surface area contributed by atoms with E-state index in [0.717, 1.165) is 52.5 Å². The second-order valence-corrected chi connectivity index (χ2v) is 6.38. The van der Waals surface area contributed by atoms with Gasteiger partial charge in [0, 0.05) is 37.8 Å². The molecule has 2 N–H and O–H groups in total. The first-order chi connectivity index (χ1) is 9.11. The summed E-state index contributed by atoms with van der Waals surface area (Å²) in [6.45, 7) is 12.7. The molecule has 2 saturated heterocycles. The van der Waals surface area contributed by atoms with E-state index in [1.54, 1.807) is 0 Å². The summed E-state index contributed by atoms with van der Waals surface area (Å²) in [5.41, 5.74) is 0.157. The Balaban J connectivity index is 1.72. The van der Waals surface area contributed by atoms with E-state index in [1.165, 1.54) is 6.42 Å². The first-order valence-corrected chi connectivity index (χ1v) is 7.51. The van der Waals surface area contributed by atoms with Crippen molar-refractivity contribution in [3.05, 3.63) is 0 Å². The van der Waals surface area contributed by atoms with Gasteiger partial charge in [-0.3, -0.25) is 9.80 Å². The third-order valence-corrected chi connectivity index (χ3v) is 4.17. The summed E-state index contributed by atoms with van der Waals surface area (Å²) >= 11 is 0. The number of piperazine rings is 1. The van der Waals surface area contributed by atoms with Crippen LogP contribution in [0.25, 0.3) is 0 Å². The molecular formula is C14H29N3O2. The predicted octanol–water partition coefficient (Wildman–Crippen LogP) is -0.247. The summed E-state index contributed by atoms with van der Waals surface area (Å²) in [4.78, 5) is 4.92. The lowest BCUT2D eigenvalue weighted by Crippen LogP contribution is -2.62. The van der Waals surface area contributed by atoms with Crippen molar-refractivity contribution in [1.82, 2.24) is 15.1 Å². The number of aliphatic hydroxyl groups is 1. The average Bonchev–Trinajstić information content (AvgIpc) is 2.39. The average molecular weight is 271 g/mol. The van der Waals surface area contributed by atoms with E-state index in [9.17, 15) is 5.11 Å². The maximum atomic E-state index is 9.47. The molecule has 0 bridgehead atoms. The summed E-state index contributed by atoms with van der Waals surface area (Å²) in [5.74, 6) is 0. The van der Waals surface area contributed by atoms with Crippen LogP contribution in [0.2, 0.25) is 0 Å². The van der Waals surface area contributed by atoms with Gasteiger partial charge in [-0.25, -0.2) is 0 Å². The lowest BCUT2D eigenvalue weighted by atomic mass is 9.98. The molecule has 19 heavy (non-hydrogen) atoms.